The molecule has 0 N–H and O–H groups in total. The Hall–Kier alpha value is -2.61. The van der Waals surface area contributed by atoms with Gasteiger partial charge in [0.15, 0.2) is 0 Å². The van der Waals surface area contributed by atoms with Crippen LogP contribution in [0.25, 0.3) is 0 Å². The molecule has 0 atom stereocenters. The van der Waals surface area contributed by atoms with E-state index in [2.05, 4.69) is 0 Å². The van der Waals surface area contributed by atoms with Crippen LogP contribution < -0.4 is 15.9 Å². The van der Waals surface area contributed by atoms with Crippen molar-refractivity contribution in [2.24, 2.45) is 0 Å². The molecular formula is C25H26O4PRu. The van der Waals surface area contributed by atoms with Crippen molar-refractivity contribution in [1.82, 2.24) is 0 Å². The maximum atomic E-state index is 12.8. The standard InChI is InChI=1S/C21H21P.4CHO.Ru/c1-16-4-10-19(11-5-16)22(20-12-6-17(2)7-13-20)21-14-8-18(3)9-15-21;4*1-2;/h4-15H,1-3H3;4*1H;/q;;;;;-1/p+1. The fourth-order valence-electron chi connectivity index (χ4n) is 3.91. The zero-order valence-electron chi connectivity index (χ0n) is 17.7. The quantitative estimate of drug-likeness (QED) is 0.259. The summed E-state index contributed by atoms with van der Waals surface area (Å²) in [7, 11) is 0. The van der Waals surface area contributed by atoms with Crippen molar-refractivity contribution in [3.8, 4) is 0 Å². The molecule has 0 radical (unpaired) electrons. The topological polar surface area (TPSA) is 68.3 Å². The van der Waals surface area contributed by atoms with Crippen molar-refractivity contribution in [3.05, 3.63) is 89.5 Å². The first-order valence-electron chi connectivity index (χ1n) is 9.65. The Morgan fingerprint density at radius 3 is 0.903 bits per heavy atom. The normalized spacial score (nSPS) is 13.5. The third-order valence-electron chi connectivity index (χ3n) is 5.68. The van der Waals surface area contributed by atoms with Crippen LogP contribution in [-0.4, -0.2) is 19.5 Å². The van der Waals surface area contributed by atoms with Crippen LogP contribution in [0.5, 0.6) is 0 Å². The summed E-state index contributed by atoms with van der Waals surface area (Å²) in [6.07, 6.45) is 0. The van der Waals surface area contributed by atoms with Crippen LogP contribution >= 0.6 is 5.59 Å². The second-order valence-corrected chi connectivity index (χ2v) is 26.6. The molecule has 0 bridgehead atoms. The molecule has 0 saturated carbocycles. The summed E-state index contributed by atoms with van der Waals surface area (Å²) >= 11 is -5.60. The van der Waals surface area contributed by atoms with Gasteiger partial charge in [-0.05, 0) is 0 Å². The number of benzene rings is 3. The number of aryl methyl sites for hydroxylation is 3. The van der Waals surface area contributed by atoms with Crippen LogP contribution in [0.4, 0.5) is 0 Å². The molecule has 0 aliphatic rings. The summed E-state index contributed by atoms with van der Waals surface area (Å²) in [6.45, 7) is 5.81. The number of carbonyl (C=O) groups excluding carboxylic acids is 4. The van der Waals surface area contributed by atoms with Gasteiger partial charge in [-0.1, -0.05) is 0 Å². The predicted octanol–water partition coefficient (Wildman–Crippen LogP) is 3.00. The Bertz CT molecular complexity index is 981. The van der Waals surface area contributed by atoms with E-state index < -0.39 is 18.7 Å². The molecule has 3 rings (SSSR count). The summed E-state index contributed by atoms with van der Waals surface area (Å²) in [4.78, 5) is 53.0. The van der Waals surface area contributed by atoms with E-state index in [1.807, 2.05) is 93.6 Å². The molecule has 0 unspecified atom stereocenters. The fourth-order valence-corrected chi connectivity index (χ4v) is 26.0. The zero-order valence-corrected chi connectivity index (χ0v) is 20.5. The van der Waals surface area contributed by atoms with E-state index in [1.165, 1.54) is 0 Å². The van der Waals surface area contributed by atoms with Gasteiger partial charge in [-0.3, -0.25) is 0 Å². The average Bonchev–Trinajstić information content (AvgIpc) is 2.81. The second-order valence-electron chi connectivity index (χ2n) is 7.69. The molecule has 3 aromatic rings. The van der Waals surface area contributed by atoms with Gasteiger partial charge < -0.3 is 0 Å². The molecule has 6 heteroatoms. The molecule has 0 aliphatic carbocycles. The molecular weight excluding hydrogens is 496 g/mol. The third kappa shape index (κ3) is 3.28. The number of hydrogen-bond donors (Lipinski definition) is 0. The molecule has 0 heterocycles. The summed E-state index contributed by atoms with van der Waals surface area (Å²) < 4.78 is 0. The van der Waals surface area contributed by atoms with Gasteiger partial charge in [0, 0.05) is 0 Å². The minimum absolute atomic E-state index is 0.426. The fraction of sp³-hybridized carbons (Fsp3) is 0.120. The van der Waals surface area contributed by atoms with Crippen molar-refractivity contribution < 1.29 is 32.3 Å². The van der Waals surface area contributed by atoms with E-state index in [9.17, 15) is 19.2 Å². The van der Waals surface area contributed by atoms with E-state index in [4.69, 9.17) is 0 Å². The molecule has 0 fully saturated rings. The van der Waals surface area contributed by atoms with Gasteiger partial charge in [0.2, 0.25) is 0 Å². The van der Waals surface area contributed by atoms with E-state index in [0.29, 0.717) is 35.4 Å². The minimum atomic E-state index is -5.60. The first-order valence-corrected chi connectivity index (χ1v) is 18.1. The first kappa shape index (κ1) is 23.1. The molecule has 4 nitrogen and oxygen atoms in total. The predicted molar refractivity (Wildman–Crippen MR) is 128 cm³/mol. The van der Waals surface area contributed by atoms with Crippen molar-refractivity contribution in [3.63, 3.8) is 0 Å². The zero-order chi connectivity index (χ0) is 22.7. The Balaban J connectivity index is 2.67. The third-order valence-corrected chi connectivity index (χ3v) is 29.4. The molecule has 3 aromatic carbocycles. The summed E-state index contributed by atoms with van der Waals surface area (Å²) in [5.74, 6) is 0. The number of rotatable bonds is 8. The Kier molecular flexibility index (Phi) is 6.32. The van der Waals surface area contributed by atoms with Crippen molar-refractivity contribution in [1.29, 1.82) is 0 Å². The van der Waals surface area contributed by atoms with Crippen LogP contribution in [0.2, 0.25) is 0 Å². The first-order chi connectivity index (χ1) is 14.8. The van der Waals surface area contributed by atoms with Crippen LogP contribution in [0.3, 0.4) is 0 Å². The molecule has 0 spiro atoms. The number of carbonyl (C=O) groups is 4. The SMILES string of the molecule is Cc1ccc([PH](c2ccc(C)cc2)(c2ccc(C)cc2)[Ru]([CH]=O)([CH]=O)([CH]=O)[CH]=O)cc1. The number of hydrogen-bond acceptors (Lipinski definition) is 4. The van der Waals surface area contributed by atoms with Gasteiger partial charge in [0.25, 0.3) is 0 Å². The van der Waals surface area contributed by atoms with Gasteiger partial charge in [-0.15, -0.1) is 0 Å². The van der Waals surface area contributed by atoms with E-state index >= 15 is 0 Å². The maximum absolute atomic E-state index is 12.8. The second kappa shape index (κ2) is 8.50. The monoisotopic (exact) mass is 523 g/mol. The van der Waals surface area contributed by atoms with Gasteiger partial charge >= 0.3 is 184 Å². The summed E-state index contributed by atoms with van der Waals surface area (Å²) in [5.41, 5.74) is -0.718. The molecule has 31 heavy (non-hydrogen) atoms. The molecule has 0 saturated heterocycles. The molecule has 0 amide bonds. The van der Waals surface area contributed by atoms with E-state index in [0.717, 1.165) is 16.7 Å². The Morgan fingerprint density at radius 1 is 0.484 bits per heavy atom. The molecule has 0 aromatic heterocycles. The van der Waals surface area contributed by atoms with Crippen LogP contribution in [-0.2, 0) is 32.3 Å². The van der Waals surface area contributed by atoms with Gasteiger partial charge in [-0.2, -0.15) is 0 Å². The van der Waals surface area contributed by atoms with Crippen molar-refractivity contribution in [2.45, 2.75) is 20.8 Å². The van der Waals surface area contributed by atoms with Crippen LogP contribution in [0, 0.1) is 20.8 Å². The summed E-state index contributed by atoms with van der Waals surface area (Å²) in [6, 6.07) is 22.5. The summed E-state index contributed by atoms with van der Waals surface area (Å²) in [5, 5.41) is 2.11. The van der Waals surface area contributed by atoms with Crippen LogP contribution in [0.1, 0.15) is 16.7 Å². The van der Waals surface area contributed by atoms with Crippen molar-refractivity contribution in [2.75, 3.05) is 0 Å². The van der Waals surface area contributed by atoms with Gasteiger partial charge in [0.1, 0.15) is 0 Å². The molecule has 163 valence electrons. The molecule has 0 aliphatic heterocycles. The Morgan fingerprint density at radius 2 is 0.710 bits per heavy atom. The van der Waals surface area contributed by atoms with E-state index in [1.54, 1.807) is 0 Å². The van der Waals surface area contributed by atoms with Crippen LogP contribution in [0.15, 0.2) is 72.8 Å². The van der Waals surface area contributed by atoms with Gasteiger partial charge in [-0.25, -0.2) is 0 Å². The Labute approximate surface area is 183 Å². The van der Waals surface area contributed by atoms with E-state index in [-0.39, 0.29) is 0 Å². The van der Waals surface area contributed by atoms with Gasteiger partial charge in [0.05, 0.1) is 0 Å². The van der Waals surface area contributed by atoms with Crippen molar-refractivity contribution >= 4 is 41.0 Å². The average molecular weight is 523 g/mol.